The molecule has 14 heavy (non-hydrogen) atoms. The van der Waals surface area contributed by atoms with Crippen molar-refractivity contribution in [3.8, 4) is 0 Å². The molecular weight excluding hydrogens is 184 g/mol. The number of rotatable bonds is 5. The summed E-state index contributed by atoms with van der Waals surface area (Å²) in [5.74, 6) is -0.474. The number of hydrogen-bond acceptors (Lipinski definition) is 4. The lowest BCUT2D eigenvalue weighted by atomic mass is 10.3. The molecule has 0 aliphatic carbocycles. The quantitative estimate of drug-likeness (QED) is 0.677. The lowest BCUT2D eigenvalue weighted by Crippen LogP contribution is -2.24. The van der Waals surface area contributed by atoms with E-state index in [2.05, 4.69) is 0 Å². The van der Waals surface area contributed by atoms with Gasteiger partial charge in [-0.05, 0) is 27.2 Å². The first-order valence-corrected chi connectivity index (χ1v) is 5.07. The minimum absolute atomic E-state index is 0.0269. The molecule has 2 atom stereocenters. The molecule has 1 aliphatic heterocycles. The summed E-state index contributed by atoms with van der Waals surface area (Å²) in [7, 11) is 0. The van der Waals surface area contributed by atoms with Crippen LogP contribution in [0.4, 0.5) is 0 Å². The molecule has 1 N–H and O–H groups in total. The first-order chi connectivity index (χ1) is 6.49. The molecule has 1 aliphatic rings. The smallest absolute Gasteiger partial charge is 0.163 e. The van der Waals surface area contributed by atoms with Crippen LogP contribution in [0.3, 0.4) is 0 Å². The van der Waals surface area contributed by atoms with Gasteiger partial charge in [0.1, 0.15) is 6.10 Å². The van der Waals surface area contributed by atoms with E-state index in [1.807, 2.05) is 13.8 Å². The molecule has 0 spiro atoms. The SMILES string of the molecule is C[C@@H](O)CCOC[C@H]1COC(C)(C)O1. The Morgan fingerprint density at radius 2 is 2.29 bits per heavy atom. The van der Waals surface area contributed by atoms with Gasteiger partial charge in [0.25, 0.3) is 0 Å². The van der Waals surface area contributed by atoms with Crippen LogP contribution in [0.2, 0.25) is 0 Å². The van der Waals surface area contributed by atoms with E-state index < -0.39 is 5.79 Å². The highest BCUT2D eigenvalue weighted by Gasteiger charge is 2.32. The first-order valence-electron chi connectivity index (χ1n) is 5.07. The highest BCUT2D eigenvalue weighted by molar-refractivity contribution is 4.70. The fourth-order valence-electron chi connectivity index (χ4n) is 1.31. The molecule has 0 saturated carbocycles. The van der Waals surface area contributed by atoms with Crippen LogP contribution in [0.25, 0.3) is 0 Å². The Balaban J connectivity index is 2.03. The second-order valence-electron chi connectivity index (χ2n) is 4.16. The average molecular weight is 204 g/mol. The summed E-state index contributed by atoms with van der Waals surface area (Å²) in [4.78, 5) is 0. The topological polar surface area (TPSA) is 47.9 Å². The summed E-state index contributed by atoms with van der Waals surface area (Å²) >= 11 is 0. The van der Waals surface area contributed by atoms with Gasteiger partial charge in [0.15, 0.2) is 5.79 Å². The van der Waals surface area contributed by atoms with Gasteiger partial charge in [0, 0.05) is 6.61 Å². The first kappa shape index (κ1) is 11.9. The number of hydrogen-bond donors (Lipinski definition) is 1. The third-order valence-electron chi connectivity index (χ3n) is 2.05. The number of ether oxygens (including phenoxy) is 3. The summed E-state index contributed by atoms with van der Waals surface area (Å²) in [6, 6.07) is 0. The molecule has 84 valence electrons. The van der Waals surface area contributed by atoms with E-state index in [0.29, 0.717) is 26.2 Å². The normalized spacial score (nSPS) is 27.9. The lowest BCUT2D eigenvalue weighted by Gasteiger charge is -2.17. The molecule has 0 unspecified atom stereocenters. The molecule has 0 bridgehead atoms. The zero-order valence-corrected chi connectivity index (χ0v) is 9.16. The molecule has 1 rings (SSSR count). The van der Waals surface area contributed by atoms with Crippen LogP contribution in [0, 0.1) is 0 Å². The van der Waals surface area contributed by atoms with Crippen molar-refractivity contribution in [3.63, 3.8) is 0 Å². The van der Waals surface area contributed by atoms with Crippen LogP contribution in [-0.2, 0) is 14.2 Å². The fraction of sp³-hybridized carbons (Fsp3) is 1.00. The Morgan fingerprint density at radius 3 is 2.79 bits per heavy atom. The standard InChI is InChI=1S/C10H20O4/c1-8(11)4-5-12-6-9-7-13-10(2,3)14-9/h8-9,11H,4-7H2,1-3H3/t8-,9+/m1/s1. The molecule has 0 radical (unpaired) electrons. The second-order valence-corrected chi connectivity index (χ2v) is 4.16. The van der Waals surface area contributed by atoms with Crippen molar-refractivity contribution >= 4 is 0 Å². The van der Waals surface area contributed by atoms with E-state index in [4.69, 9.17) is 19.3 Å². The number of aliphatic hydroxyl groups is 1. The minimum atomic E-state index is -0.474. The maximum absolute atomic E-state index is 8.99. The van der Waals surface area contributed by atoms with Crippen LogP contribution in [-0.4, -0.2) is 42.9 Å². The summed E-state index contributed by atoms with van der Waals surface area (Å²) in [5.41, 5.74) is 0. The van der Waals surface area contributed by atoms with E-state index in [1.165, 1.54) is 0 Å². The van der Waals surface area contributed by atoms with Gasteiger partial charge in [-0.15, -0.1) is 0 Å². The van der Waals surface area contributed by atoms with Gasteiger partial charge in [-0.25, -0.2) is 0 Å². The molecule has 0 aromatic rings. The monoisotopic (exact) mass is 204 g/mol. The van der Waals surface area contributed by atoms with Gasteiger partial charge < -0.3 is 19.3 Å². The van der Waals surface area contributed by atoms with Crippen molar-refractivity contribution in [1.29, 1.82) is 0 Å². The summed E-state index contributed by atoms with van der Waals surface area (Å²) in [5, 5.41) is 8.99. The Hall–Kier alpha value is -0.160. The van der Waals surface area contributed by atoms with Gasteiger partial charge in [0.05, 0.1) is 19.3 Å². The summed E-state index contributed by atoms with van der Waals surface area (Å²) < 4.78 is 16.3. The van der Waals surface area contributed by atoms with E-state index in [9.17, 15) is 0 Å². The van der Waals surface area contributed by atoms with E-state index >= 15 is 0 Å². The molecular formula is C10H20O4. The maximum atomic E-state index is 8.99. The van der Waals surface area contributed by atoms with E-state index in [-0.39, 0.29) is 12.2 Å². The third kappa shape index (κ3) is 4.37. The predicted molar refractivity (Wildman–Crippen MR) is 52.0 cm³/mol. The lowest BCUT2D eigenvalue weighted by molar-refractivity contribution is -0.145. The highest BCUT2D eigenvalue weighted by Crippen LogP contribution is 2.22. The highest BCUT2D eigenvalue weighted by atomic mass is 16.7. The zero-order valence-electron chi connectivity index (χ0n) is 9.16. The zero-order chi connectivity index (χ0) is 10.6. The van der Waals surface area contributed by atoms with Gasteiger partial charge in [-0.1, -0.05) is 0 Å². The Kier molecular flexibility index (Phi) is 4.31. The van der Waals surface area contributed by atoms with Crippen molar-refractivity contribution in [3.05, 3.63) is 0 Å². The third-order valence-corrected chi connectivity index (χ3v) is 2.05. The average Bonchev–Trinajstić information content (AvgIpc) is 2.39. The second kappa shape index (κ2) is 5.07. The van der Waals surface area contributed by atoms with Crippen molar-refractivity contribution in [2.75, 3.05) is 19.8 Å². The largest absolute Gasteiger partial charge is 0.393 e. The number of aliphatic hydroxyl groups excluding tert-OH is 1. The molecule has 4 nitrogen and oxygen atoms in total. The van der Waals surface area contributed by atoms with Crippen molar-refractivity contribution in [2.24, 2.45) is 0 Å². The van der Waals surface area contributed by atoms with E-state index in [0.717, 1.165) is 0 Å². The summed E-state index contributed by atoms with van der Waals surface area (Å²) in [6.07, 6.45) is 0.392. The van der Waals surface area contributed by atoms with Crippen LogP contribution in [0.15, 0.2) is 0 Å². The van der Waals surface area contributed by atoms with Crippen molar-refractivity contribution < 1.29 is 19.3 Å². The van der Waals surface area contributed by atoms with Crippen LogP contribution in [0.5, 0.6) is 0 Å². The van der Waals surface area contributed by atoms with Crippen molar-refractivity contribution in [1.82, 2.24) is 0 Å². The van der Waals surface area contributed by atoms with Gasteiger partial charge in [-0.3, -0.25) is 0 Å². The molecule has 0 aromatic heterocycles. The van der Waals surface area contributed by atoms with Gasteiger partial charge in [0.2, 0.25) is 0 Å². The maximum Gasteiger partial charge on any atom is 0.163 e. The predicted octanol–water partition coefficient (Wildman–Crippen LogP) is 0.925. The molecule has 1 saturated heterocycles. The Bertz CT molecular complexity index is 168. The van der Waals surface area contributed by atoms with E-state index in [1.54, 1.807) is 6.92 Å². The fourth-order valence-corrected chi connectivity index (χ4v) is 1.31. The van der Waals surface area contributed by atoms with Crippen LogP contribution < -0.4 is 0 Å². The molecule has 1 fully saturated rings. The van der Waals surface area contributed by atoms with Crippen LogP contribution in [0.1, 0.15) is 27.2 Å². The van der Waals surface area contributed by atoms with Gasteiger partial charge >= 0.3 is 0 Å². The minimum Gasteiger partial charge on any atom is -0.393 e. The molecule has 4 heteroatoms. The van der Waals surface area contributed by atoms with Crippen LogP contribution >= 0.6 is 0 Å². The molecule has 0 amide bonds. The summed E-state index contributed by atoms with van der Waals surface area (Å²) in [6.45, 7) is 7.23. The van der Waals surface area contributed by atoms with Crippen molar-refractivity contribution in [2.45, 2.75) is 45.2 Å². The Labute approximate surface area is 85.2 Å². The Morgan fingerprint density at radius 1 is 1.57 bits per heavy atom. The molecule has 1 heterocycles. The van der Waals surface area contributed by atoms with Gasteiger partial charge in [-0.2, -0.15) is 0 Å². The molecule has 0 aromatic carbocycles.